The summed E-state index contributed by atoms with van der Waals surface area (Å²) < 4.78 is 1.56. The monoisotopic (exact) mass is 369 g/mol. The van der Waals surface area contributed by atoms with Gasteiger partial charge in [-0.05, 0) is 37.3 Å². The summed E-state index contributed by atoms with van der Waals surface area (Å²) in [6.07, 6.45) is 4.41. The fourth-order valence-corrected chi connectivity index (χ4v) is 3.54. The summed E-state index contributed by atoms with van der Waals surface area (Å²) in [4.78, 5) is 36.2. The third-order valence-electron chi connectivity index (χ3n) is 5.05. The van der Waals surface area contributed by atoms with Gasteiger partial charge in [0.05, 0.1) is 11.7 Å². The van der Waals surface area contributed by atoms with Crippen molar-refractivity contribution < 1.29 is 4.79 Å². The summed E-state index contributed by atoms with van der Waals surface area (Å²) in [5.41, 5.74) is 2.71. The standard InChI is InChI=1S/C20H27N5O2/c1-12(2)17-10-9-13(19(27)25(17)5)18(26)22-15-7-6-8-16-14(15)11-21-20(23-16)24(3)4/h9-12,15H,6-8H2,1-5H3,(H,22,26)/t15-/m0/s1. The minimum atomic E-state index is -0.347. The molecule has 0 aromatic carbocycles. The number of anilines is 1. The van der Waals surface area contributed by atoms with E-state index in [2.05, 4.69) is 15.3 Å². The highest BCUT2D eigenvalue weighted by Crippen LogP contribution is 2.29. The number of aryl methyl sites for hydroxylation is 1. The fourth-order valence-electron chi connectivity index (χ4n) is 3.54. The molecule has 7 nitrogen and oxygen atoms in total. The van der Waals surface area contributed by atoms with Crippen molar-refractivity contribution in [1.29, 1.82) is 0 Å². The Labute approximate surface area is 159 Å². The molecule has 0 saturated carbocycles. The molecule has 1 N–H and O–H groups in total. The molecule has 2 heterocycles. The van der Waals surface area contributed by atoms with Crippen molar-refractivity contribution in [1.82, 2.24) is 19.9 Å². The van der Waals surface area contributed by atoms with Gasteiger partial charge in [0.1, 0.15) is 5.56 Å². The number of fused-ring (bicyclic) bond motifs is 1. The predicted octanol–water partition coefficient (Wildman–Crippen LogP) is 2.17. The highest BCUT2D eigenvalue weighted by molar-refractivity contribution is 5.94. The van der Waals surface area contributed by atoms with Crippen LogP contribution in [0.4, 0.5) is 5.95 Å². The SMILES string of the molecule is CC(C)c1ccc(C(=O)N[C@H]2CCCc3nc(N(C)C)ncc32)c(=O)n1C. The summed E-state index contributed by atoms with van der Waals surface area (Å²) in [6, 6.07) is 3.30. The van der Waals surface area contributed by atoms with Crippen LogP contribution in [-0.2, 0) is 13.5 Å². The largest absolute Gasteiger partial charge is 0.347 e. The zero-order valence-corrected chi connectivity index (χ0v) is 16.6. The molecule has 1 amide bonds. The van der Waals surface area contributed by atoms with E-state index >= 15 is 0 Å². The molecule has 27 heavy (non-hydrogen) atoms. The van der Waals surface area contributed by atoms with Crippen LogP contribution < -0.4 is 15.8 Å². The Morgan fingerprint density at radius 3 is 2.74 bits per heavy atom. The van der Waals surface area contributed by atoms with Crippen molar-refractivity contribution in [3.8, 4) is 0 Å². The van der Waals surface area contributed by atoms with Gasteiger partial charge in [-0.2, -0.15) is 0 Å². The summed E-state index contributed by atoms with van der Waals surface area (Å²) in [5.74, 6) is 0.535. The molecule has 0 aliphatic heterocycles. The molecule has 0 unspecified atom stereocenters. The number of amides is 1. The minimum absolute atomic E-state index is 0.167. The van der Waals surface area contributed by atoms with Gasteiger partial charge in [-0.1, -0.05) is 13.8 Å². The molecule has 2 aromatic rings. The van der Waals surface area contributed by atoms with Gasteiger partial charge in [-0.3, -0.25) is 9.59 Å². The Kier molecular flexibility index (Phi) is 5.30. The highest BCUT2D eigenvalue weighted by Gasteiger charge is 2.25. The number of nitrogens with one attached hydrogen (secondary N) is 1. The molecule has 0 saturated heterocycles. The summed E-state index contributed by atoms with van der Waals surface area (Å²) in [7, 11) is 5.52. The Balaban J connectivity index is 1.86. The van der Waals surface area contributed by atoms with Crippen molar-refractivity contribution in [3.05, 3.63) is 51.2 Å². The van der Waals surface area contributed by atoms with E-state index in [1.807, 2.05) is 38.9 Å². The number of hydrogen-bond acceptors (Lipinski definition) is 5. The second kappa shape index (κ2) is 7.50. The van der Waals surface area contributed by atoms with Crippen LogP contribution in [0.3, 0.4) is 0 Å². The second-order valence-electron chi connectivity index (χ2n) is 7.58. The first-order valence-electron chi connectivity index (χ1n) is 9.33. The third kappa shape index (κ3) is 3.72. The molecular formula is C20H27N5O2. The van der Waals surface area contributed by atoms with E-state index < -0.39 is 0 Å². The quantitative estimate of drug-likeness (QED) is 0.893. The first-order chi connectivity index (χ1) is 12.8. The van der Waals surface area contributed by atoms with Gasteiger partial charge in [-0.25, -0.2) is 9.97 Å². The molecule has 2 aromatic heterocycles. The molecule has 1 aliphatic carbocycles. The number of rotatable bonds is 4. The van der Waals surface area contributed by atoms with Gasteiger partial charge in [0, 0.05) is 38.6 Å². The minimum Gasteiger partial charge on any atom is -0.347 e. The van der Waals surface area contributed by atoms with Crippen molar-refractivity contribution in [2.24, 2.45) is 7.05 Å². The molecule has 1 aliphatic rings. The maximum absolute atomic E-state index is 12.8. The zero-order valence-electron chi connectivity index (χ0n) is 16.6. The highest BCUT2D eigenvalue weighted by atomic mass is 16.2. The molecule has 7 heteroatoms. The molecular weight excluding hydrogens is 342 g/mol. The van der Waals surface area contributed by atoms with Crippen LogP contribution in [-0.4, -0.2) is 34.5 Å². The summed E-state index contributed by atoms with van der Waals surface area (Å²) in [5, 5.41) is 3.01. The predicted molar refractivity (Wildman–Crippen MR) is 105 cm³/mol. The topological polar surface area (TPSA) is 80.1 Å². The van der Waals surface area contributed by atoms with Crippen LogP contribution in [0.15, 0.2) is 23.1 Å². The molecule has 0 spiro atoms. The Bertz CT molecular complexity index is 917. The maximum Gasteiger partial charge on any atom is 0.263 e. The summed E-state index contributed by atoms with van der Waals surface area (Å²) in [6.45, 7) is 4.05. The molecule has 0 bridgehead atoms. The number of carbonyl (C=O) groups excluding carboxylic acids is 1. The second-order valence-corrected chi connectivity index (χ2v) is 7.58. The molecule has 3 rings (SSSR count). The normalized spacial score (nSPS) is 16.1. The van der Waals surface area contributed by atoms with E-state index in [1.165, 1.54) is 0 Å². The third-order valence-corrected chi connectivity index (χ3v) is 5.05. The average molecular weight is 369 g/mol. The number of carbonyl (C=O) groups is 1. The number of hydrogen-bond donors (Lipinski definition) is 1. The first-order valence-corrected chi connectivity index (χ1v) is 9.33. The van der Waals surface area contributed by atoms with Crippen molar-refractivity contribution in [3.63, 3.8) is 0 Å². The van der Waals surface area contributed by atoms with Crippen LogP contribution in [0.1, 0.15) is 66.0 Å². The molecule has 1 atom stereocenters. The van der Waals surface area contributed by atoms with E-state index in [1.54, 1.807) is 23.9 Å². The van der Waals surface area contributed by atoms with Crippen molar-refractivity contribution in [2.75, 3.05) is 19.0 Å². The van der Waals surface area contributed by atoms with Gasteiger partial charge in [0.2, 0.25) is 5.95 Å². The van der Waals surface area contributed by atoms with Crippen molar-refractivity contribution >= 4 is 11.9 Å². The zero-order chi connectivity index (χ0) is 19.7. The Hall–Kier alpha value is -2.70. The van der Waals surface area contributed by atoms with Gasteiger partial charge in [0.25, 0.3) is 11.5 Å². The number of nitrogens with zero attached hydrogens (tertiary/aromatic N) is 4. The van der Waals surface area contributed by atoms with E-state index in [0.29, 0.717) is 5.95 Å². The lowest BCUT2D eigenvalue weighted by Gasteiger charge is -2.26. The fraction of sp³-hybridized carbons (Fsp3) is 0.500. The Morgan fingerprint density at radius 1 is 1.33 bits per heavy atom. The average Bonchev–Trinajstić information content (AvgIpc) is 2.63. The number of pyridine rings is 1. The first kappa shape index (κ1) is 19.1. The van der Waals surface area contributed by atoms with Crippen LogP contribution in [0.2, 0.25) is 0 Å². The molecule has 144 valence electrons. The molecule has 0 radical (unpaired) electrons. The van der Waals surface area contributed by atoms with Crippen molar-refractivity contribution in [2.45, 2.75) is 45.1 Å². The lowest BCUT2D eigenvalue weighted by atomic mass is 9.92. The van der Waals surface area contributed by atoms with E-state index in [9.17, 15) is 9.59 Å². The van der Waals surface area contributed by atoms with Crippen LogP contribution in [0.25, 0.3) is 0 Å². The maximum atomic E-state index is 12.8. The van der Waals surface area contributed by atoms with Gasteiger partial charge >= 0.3 is 0 Å². The van der Waals surface area contributed by atoms with Gasteiger partial charge in [-0.15, -0.1) is 0 Å². The van der Waals surface area contributed by atoms with Gasteiger partial charge in [0.15, 0.2) is 0 Å². The van der Waals surface area contributed by atoms with Crippen LogP contribution in [0, 0.1) is 0 Å². The van der Waals surface area contributed by atoms with E-state index in [0.717, 1.165) is 36.2 Å². The van der Waals surface area contributed by atoms with Crippen LogP contribution in [0.5, 0.6) is 0 Å². The van der Waals surface area contributed by atoms with E-state index in [4.69, 9.17) is 0 Å². The number of aromatic nitrogens is 3. The lowest BCUT2D eigenvalue weighted by Crippen LogP contribution is -2.36. The molecule has 0 fully saturated rings. The summed E-state index contributed by atoms with van der Waals surface area (Å²) >= 11 is 0. The van der Waals surface area contributed by atoms with Crippen LogP contribution >= 0.6 is 0 Å². The lowest BCUT2D eigenvalue weighted by molar-refractivity contribution is 0.0930. The Morgan fingerprint density at radius 2 is 2.07 bits per heavy atom. The van der Waals surface area contributed by atoms with Gasteiger partial charge < -0.3 is 14.8 Å². The van der Waals surface area contributed by atoms with E-state index in [-0.39, 0.29) is 29.0 Å². The smallest absolute Gasteiger partial charge is 0.263 e.